The van der Waals surface area contributed by atoms with E-state index in [1.54, 1.807) is 6.92 Å². The van der Waals surface area contributed by atoms with Crippen LogP contribution in [-0.4, -0.2) is 53.5 Å². The molecule has 1 amide bonds. The van der Waals surface area contributed by atoms with Gasteiger partial charge in [-0.25, -0.2) is 12.8 Å². The minimum atomic E-state index is -6.05. The fourth-order valence-corrected chi connectivity index (χ4v) is 6.03. The number of carbonyl (C=O) groups excluding carboxylic acids is 1. The smallest absolute Gasteiger partial charge is 0.430 e. The zero-order valence-corrected chi connectivity index (χ0v) is 25.6. The van der Waals surface area contributed by atoms with Gasteiger partial charge in [-0.3, -0.25) is 14.1 Å². The van der Waals surface area contributed by atoms with Crippen LogP contribution in [0.2, 0.25) is 0 Å². The molecule has 0 aliphatic carbocycles. The number of aliphatic hydroxyl groups excluding tert-OH is 1. The molecule has 1 aliphatic heterocycles. The van der Waals surface area contributed by atoms with Crippen molar-refractivity contribution in [2.24, 2.45) is 0 Å². The van der Waals surface area contributed by atoms with Gasteiger partial charge in [0.2, 0.25) is 5.91 Å². The highest BCUT2D eigenvalue weighted by Crippen LogP contribution is 2.51. The summed E-state index contributed by atoms with van der Waals surface area (Å²) in [5, 5.41) is 30.9. The Morgan fingerprint density at radius 3 is 2.13 bits per heavy atom. The molecular weight excluding hydrogens is 663 g/mol. The summed E-state index contributed by atoms with van der Waals surface area (Å²) in [6.07, 6.45) is -2.48. The molecule has 3 aromatic rings. The number of halogens is 7. The number of hydrogen-bond acceptors (Lipinski definition) is 7. The number of rotatable bonds is 6. The summed E-state index contributed by atoms with van der Waals surface area (Å²) in [5.41, 5.74) is -5.26. The van der Waals surface area contributed by atoms with E-state index < -0.39 is 39.4 Å². The highest BCUT2D eigenvalue weighted by atomic mass is 32.2. The van der Waals surface area contributed by atoms with Crippen molar-refractivity contribution in [1.82, 2.24) is 10.3 Å². The number of benzene rings is 2. The van der Waals surface area contributed by atoms with E-state index in [-0.39, 0.29) is 60.3 Å². The third-order valence-electron chi connectivity index (χ3n) is 6.91. The van der Waals surface area contributed by atoms with Crippen molar-refractivity contribution < 1.29 is 59.3 Å². The molecule has 0 atom stereocenters. The Hall–Kier alpha value is -4.40. The molecular formula is C30H30F7N3O6S. The second kappa shape index (κ2) is 15.0. The van der Waals surface area contributed by atoms with Gasteiger partial charge in [0.05, 0.1) is 22.9 Å². The number of alkyl halides is 6. The van der Waals surface area contributed by atoms with E-state index in [1.807, 2.05) is 0 Å². The molecule has 256 valence electrons. The molecule has 47 heavy (non-hydrogen) atoms. The highest BCUT2D eigenvalue weighted by molar-refractivity contribution is 7.92. The van der Waals surface area contributed by atoms with Gasteiger partial charge in [-0.15, -0.1) is 12.8 Å². The normalized spacial score (nSPS) is 13.3. The van der Waals surface area contributed by atoms with E-state index in [4.69, 9.17) is 5.11 Å². The first-order chi connectivity index (χ1) is 21.8. The molecule has 0 unspecified atom stereocenters. The van der Waals surface area contributed by atoms with Gasteiger partial charge in [0.15, 0.2) is 0 Å². The van der Waals surface area contributed by atoms with Crippen LogP contribution in [0.15, 0.2) is 53.6 Å². The first-order valence-corrected chi connectivity index (χ1v) is 14.8. The topological polar surface area (TPSA) is 140 Å². The van der Waals surface area contributed by atoms with Gasteiger partial charge < -0.3 is 20.6 Å². The Balaban J connectivity index is 0.000000380. The zero-order chi connectivity index (χ0) is 36.0. The molecule has 0 radical (unpaired) electrons. The van der Waals surface area contributed by atoms with Crippen molar-refractivity contribution in [3.05, 3.63) is 82.4 Å². The van der Waals surface area contributed by atoms with Gasteiger partial charge in [-0.05, 0) is 55.7 Å². The van der Waals surface area contributed by atoms with Crippen LogP contribution >= 0.6 is 0 Å². The van der Waals surface area contributed by atoms with Gasteiger partial charge >= 0.3 is 12.4 Å². The third-order valence-corrected chi connectivity index (χ3v) is 8.74. The van der Waals surface area contributed by atoms with Crippen molar-refractivity contribution in [3.8, 4) is 18.6 Å². The predicted molar refractivity (Wildman–Crippen MR) is 156 cm³/mol. The Bertz CT molecular complexity index is 1680. The fraction of sp³-hybridized carbons (Fsp3) is 0.333. The predicted octanol–water partition coefficient (Wildman–Crippen LogP) is 4.75. The maximum Gasteiger partial charge on any atom is 0.430 e. The molecule has 0 saturated carbocycles. The molecule has 2 heterocycles. The number of anilines is 1. The molecule has 0 bridgehead atoms. The Morgan fingerprint density at radius 1 is 1.04 bits per heavy atom. The second-order valence-electron chi connectivity index (χ2n) is 9.95. The largest absolute Gasteiger partial charge is 0.506 e. The molecule has 1 aromatic heterocycles. The number of aromatic hydroxyl groups is 1. The first-order valence-electron chi connectivity index (χ1n) is 13.4. The Labute approximate surface area is 265 Å². The lowest BCUT2D eigenvalue weighted by Crippen LogP contribution is -2.54. The van der Waals surface area contributed by atoms with Gasteiger partial charge in [0.25, 0.3) is 15.6 Å². The summed E-state index contributed by atoms with van der Waals surface area (Å²) in [6, 6.07) is 5.54. The van der Waals surface area contributed by atoms with Crippen LogP contribution in [0, 0.1) is 25.6 Å². The van der Waals surface area contributed by atoms with E-state index in [0.29, 0.717) is 29.0 Å². The maximum atomic E-state index is 13.1. The minimum absolute atomic E-state index is 0.00437. The SMILES string of the molecule is C#C.CC(=O)NCc1c(CO)cnc(C)c1O.O=S(=O)(c1ccc(F)cc1)N1CCCc2cc(C(O)(C(F)(F)F)C(F)(F)F)ccc21. The second-order valence-corrected chi connectivity index (χ2v) is 11.8. The maximum absolute atomic E-state index is 13.1. The number of carbonyl (C=O) groups is 1. The lowest BCUT2D eigenvalue weighted by atomic mass is 9.89. The number of nitrogens with zero attached hydrogens (tertiary/aromatic N) is 2. The number of sulfonamides is 1. The number of amides is 1. The zero-order valence-electron chi connectivity index (χ0n) is 24.8. The number of pyridine rings is 1. The van der Waals surface area contributed by atoms with Crippen LogP contribution in [0.1, 0.15) is 41.3 Å². The lowest BCUT2D eigenvalue weighted by molar-refractivity contribution is -0.376. The summed E-state index contributed by atoms with van der Waals surface area (Å²) in [7, 11) is -4.24. The van der Waals surface area contributed by atoms with Crippen molar-refractivity contribution in [2.75, 3.05) is 10.8 Å². The van der Waals surface area contributed by atoms with Crippen LogP contribution in [-0.2, 0) is 40.0 Å². The van der Waals surface area contributed by atoms with Gasteiger partial charge in [0, 0.05) is 42.9 Å². The summed E-state index contributed by atoms with van der Waals surface area (Å²) >= 11 is 0. The van der Waals surface area contributed by atoms with Crippen molar-refractivity contribution in [2.45, 2.75) is 62.7 Å². The van der Waals surface area contributed by atoms with Crippen LogP contribution in [0.4, 0.5) is 36.4 Å². The van der Waals surface area contributed by atoms with Crippen molar-refractivity contribution >= 4 is 21.6 Å². The minimum Gasteiger partial charge on any atom is -0.506 e. The molecule has 9 nitrogen and oxygen atoms in total. The quantitative estimate of drug-likeness (QED) is 0.216. The van der Waals surface area contributed by atoms with E-state index in [9.17, 15) is 54.2 Å². The van der Waals surface area contributed by atoms with Crippen molar-refractivity contribution in [3.63, 3.8) is 0 Å². The summed E-state index contributed by atoms with van der Waals surface area (Å²) in [4.78, 5) is 14.4. The number of aromatic nitrogens is 1. The first kappa shape index (κ1) is 38.8. The number of terminal acetylenes is 1. The van der Waals surface area contributed by atoms with Gasteiger partial charge in [0.1, 0.15) is 11.6 Å². The molecule has 0 spiro atoms. The van der Waals surface area contributed by atoms with E-state index in [0.717, 1.165) is 34.6 Å². The van der Waals surface area contributed by atoms with Gasteiger partial charge in [-0.1, -0.05) is 12.1 Å². The molecule has 0 saturated heterocycles. The molecule has 0 fully saturated rings. The average Bonchev–Trinajstić information content (AvgIpc) is 3.01. The monoisotopic (exact) mass is 693 g/mol. The Morgan fingerprint density at radius 2 is 1.62 bits per heavy atom. The Kier molecular flexibility index (Phi) is 12.4. The number of aryl methyl sites for hydroxylation is 2. The van der Waals surface area contributed by atoms with E-state index >= 15 is 0 Å². The number of hydrogen-bond donors (Lipinski definition) is 4. The van der Waals surface area contributed by atoms with E-state index in [1.165, 1.54) is 13.1 Å². The van der Waals surface area contributed by atoms with Crippen LogP contribution in [0.5, 0.6) is 5.75 Å². The molecule has 2 aromatic carbocycles. The summed E-state index contributed by atoms with van der Waals surface area (Å²) in [5.74, 6) is -0.848. The molecule has 4 N–H and O–H groups in total. The number of fused-ring (bicyclic) bond motifs is 1. The third kappa shape index (κ3) is 8.31. The lowest BCUT2D eigenvalue weighted by Gasteiger charge is -2.35. The highest BCUT2D eigenvalue weighted by Gasteiger charge is 2.71. The van der Waals surface area contributed by atoms with Gasteiger partial charge in [-0.2, -0.15) is 26.3 Å². The molecule has 4 rings (SSSR count). The van der Waals surface area contributed by atoms with Crippen LogP contribution < -0.4 is 9.62 Å². The number of nitrogens with one attached hydrogen (secondary N) is 1. The summed E-state index contributed by atoms with van der Waals surface area (Å²) < 4.78 is 118. The van der Waals surface area contributed by atoms with Crippen LogP contribution in [0.25, 0.3) is 0 Å². The standard InChI is InChI=1S/C18H14F7NO3S.C10H14N2O3.C2H2/c19-13-4-6-14(7-5-13)30(28,29)26-9-1-2-11-10-12(3-8-15(11)26)16(27,17(20,21)22)18(23,24)25;1-6-10(15)9(4-12-7(2)14)8(5-13)3-11-6;1-2/h3-8,10,27H,1-2,9H2;3,13,15H,4-5H2,1-2H3,(H,12,14);1-2H. The number of aliphatic hydroxyl groups is 2. The molecule has 17 heteroatoms. The van der Waals surface area contributed by atoms with Crippen molar-refractivity contribution in [1.29, 1.82) is 0 Å². The average molecular weight is 694 g/mol. The van der Waals surface area contributed by atoms with E-state index in [2.05, 4.69) is 23.1 Å². The van der Waals surface area contributed by atoms with Crippen LogP contribution in [0.3, 0.4) is 0 Å². The summed E-state index contributed by atoms with van der Waals surface area (Å²) in [6.45, 7) is 2.96. The molecule has 1 aliphatic rings. The fourth-order valence-electron chi connectivity index (χ4n) is 4.49.